The Hall–Kier alpha value is -1.59. The van der Waals surface area contributed by atoms with Crippen LogP contribution in [0, 0.1) is 5.92 Å². The van der Waals surface area contributed by atoms with Crippen LogP contribution in [0.3, 0.4) is 0 Å². The van der Waals surface area contributed by atoms with Crippen molar-refractivity contribution in [2.75, 3.05) is 13.2 Å². The highest BCUT2D eigenvalue weighted by Crippen LogP contribution is 2.18. The molecule has 6 nitrogen and oxygen atoms in total. The Morgan fingerprint density at radius 1 is 0.297 bits per heavy atom. The number of unbranched alkanes of at least 4 members (excludes halogenated alkanes) is 40. The molecule has 0 rings (SSSR count). The number of esters is 3. The molecule has 0 radical (unpaired) electrons. The van der Waals surface area contributed by atoms with E-state index < -0.39 is 6.10 Å². The van der Waals surface area contributed by atoms with Crippen molar-refractivity contribution in [3.8, 4) is 0 Å². The van der Waals surface area contributed by atoms with Crippen LogP contribution in [0.2, 0.25) is 0 Å². The Bertz CT molecular complexity index is 964. The monoisotopic (exact) mass is 905 g/mol. The third-order valence-electron chi connectivity index (χ3n) is 13.3. The lowest BCUT2D eigenvalue weighted by Gasteiger charge is -2.18. The summed E-state index contributed by atoms with van der Waals surface area (Å²) in [5.41, 5.74) is 0. The van der Waals surface area contributed by atoms with Crippen LogP contribution in [-0.4, -0.2) is 37.2 Å². The minimum absolute atomic E-state index is 0.0624. The highest BCUT2D eigenvalue weighted by Gasteiger charge is 2.19. The van der Waals surface area contributed by atoms with Gasteiger partial charge in [-0.2, -0.15) is 0 Å². The molecule has 0 bridgehead atoms. The summed E-state index contributed by atoms with van der Waals surface area (Å²) in [6.45, 7) is 9.02. The van der Waals surface area contributed by atoms with E-state index in [0.717, 1.165) is 63.7 Å². The zero-order chi connectivity index (χ0) is 46.7. The fraction of sp³-hybridized carbons (Fsp3) is 0.948. The smallest absolute Gasteiger partial charge is 0.306 e. The van der Waals surface area contributed by atoms with Gasteiger partial charge in [-0.05, 0) is 25.2 Å². The van der Waals surface area contributed by atoms with Gasteiger partial charge in [-0.15, -0.1) is 0 Å². The van der Waals surface area contributed by atoms with E-state index in [0.29, 0.717) is 19.3 Å². The molecule has 0 amide bonds. The predicted octanol–water partition coefficient (Wildman–Crippen LogP) is 19.0. The Labute approximate surface area is 399 Å². The van der Waals surface area contributed by atoms with Gasteiger partial charge in [0.15, 0.2) is 6.10 Å². The molecule has 1 atom stereocenters. The fourth-order valence-corrected chi connectivity index (χ4v) is 8.92. The molecular formula is C58H112O6. The Balaban J connectivity index is 4.26. The Morgan fingerprint density at radius 2 is 0.516 bits per heavy atom. The van der Waals surface area contributed by atoms with E-state index in [1.165, 1.54) is 225 Å². The zero-order valence-corrected chi connectivity index (χ0v) is 43.8. The van der Waals surface area contributed by atoms with Crippen molar-refractivity contribution in [2.24, 2.45) is 5.92 Å². The van der Waals surface area contributed by atoms with Crippen LogP contribution in [0.4, 0.5) is 0 Å². The Morgan fingerprint density at radius 3 is 0.766 bits per heavy atom. The lowest BCUT2D eigenvalue weighted by molar-refractivity contribution is -0.167. The van der Waals surface area contributed by atoms with Crippen molar-refractivity contribution >= 4 is 17.9 Å². The summed E-state index contributed by atoms with van der Waals surface area (Å²) in [6.07, 6.45) is 56.7. The van der Waals surface area contributed by atoms with Gasteiger partial charge in [0.2, 0.25) is 0 Å². The van der Waals surface area contributed by atoms with Gasteiger partial charge in [0, 0.05) is 19.3 Å². The highest BCUT2D eigenvalue weighted by atomic mass is 16.6. The second-order valence-electron chi connectivity index (χ2n) is 20.4. The molecule has 0 aromatic heterocycles. The second-order valence-corrected chi connectivity index (χ2v) is 20.4. The standard InChI is InChI=1S/C58H112O6/c1-5-7-9-11-13-15-17-19-21-23-25-27-29-31-33-39-43-47-51-58(61)64-55(53-63-57(60)50-46-42-38-35-34-36-40-44-48-54(3)4)52-62-56(59)49-45-41-37-32-30-28-26-24-22-20-18-16-14-12-10-8-6-2/h54-55H,5-53H2,1-4H3/t55-/m1/s1. The molecule has 0 heterocycles. The molecule has 0 saturated heterocycles. The lowest BCUT2D eigenvalue weighted by Crippen LogP contribution is -2.30. The lowest BCUT2D eigenvalue weighted by atomic mass is 10.0. The topological polar surface area (TPSA) is 78.9 Å². The summed E-state index contributed by atoms with van der Waals surface area (Å²) in [5, 5.41) is 0. The number of carbonyl (C=O) groups excluding carboxylic acids is 3. The van der Waals surface area contributed by atoms with Gasteiger partial charge < -0.3 is 14.2 Å². The minimum Gasteiger partial charge on any atom is -0.462 e. The van der Waals surface area contributed by atoms with Gasteiger partial charge in [0.1, 0.15) is 13.2 Å². The molecule has 0 aromatic carbocycles. The molecule has 0 aliphatic carbocycles. The van der Waals surface area contributed by atoms with E-state index in [4.69, 9.17) is 14.2 Å². The first-order valence-corrected chi connectivity index (χ1v) is 28.9. The van der Waals surface area contributed by atoms with Crippen molar-refractivity contribution in [3.63, 3.8) is 0 Å². The summed E-state index contributed by atoms with van der Waals surface area (Å²) in [4.78, 5) is 38.1. The first kappa shape index (κ1) is 62.4. The summed E-state index contributed by atoms with van der Waals surface area (Å²) in [5.74, 6) is -0.0421. The molecule has 0 N–H and O–H groups in total. The van der Waals surface area contributed by atoms with E-state index in [1.54, 1.807) is 0 Å². The number of rotatable bonds is 53. The highest BCUT2D eigenvalue weighted by molar-refractivity contribution is 5.71. The first-order chi connectivity index (χ1) is 31.4. The molecule has 0 saturated carbocycles. The Kier molecular flexibility index (Phi) is 51.1. The van der Waals surface area contributed by atoms with Crippen molar-refractivity contribution < 1.29 is 28.6 Å². The molecule has 0 unspecified atom stereocenters. The average Bonchev–Trinajstić information content (AvgIpc) is 3.28. The largest absolute Gasteiger partial charge is 0.462 e. The van der Waals surface area contributed by atoms with Gasteiger partial charge in [0.05, 0.1) is 0 Å². The van der Waals surface area contributed by atoms with Crippen LogP contribution >= 0.6 is 0 Å². The van der Waals surface area contributed by atoms with Gasteiger partial charge in [-0.3, -0.25) is 14.4 Å². The number of ether oxygens (including phenoxy) is 3. The number of hydrogen-bond donors (Lipinski definition) is 0. The van der Waals surface area contributed by atoms with Crippen LogP contribution in [0.5, 0.6) is 0 Å². The maximum absolute atomic E-state index is 12.8. The average molecular weight is 906 g/mol. The van der Waals surface area contributed by atoms with Crippen LogP contribution in [-0.2, 0) is 28.6 Å². The van der Waals surface area contributed by atoms with E-state index >= 15 is 0 Å². The summed E-state index contributed by atoms with van der Waals surface area (Å²) in [7, 11) is 0. The van der Waals surface area contributed by atoms with Gasteiger partial charge >= 0.3 is 17.9 Å². The third-order valence-corrected chi connectivity index (χ3v) is 13.3. The van der Waals surface area contributed by atoms with Gasteiger partial charge in [0.25, 0.3) is 0 Å². The van der Waals surface area contributed by atoms with Crippen LogP contribution < -0.4 is 0 Å². The molecule has 6 heteroatoms. The van der Waals surface area contributed by atoms with E-state index in [-0.39, 0.29) is 31.1 Å². The summed E-state index contributed by atoms with van der Waals surface area (Å²) in [6, 6.07) is 0. The summed E-state index contributed by atoms with van der Waals surface area (Å²) >= 11 is 0. The molecule has 0 aliphatic heterocycles. The molecular weight excluding hydrogens is 793 g/mol. The minimum atomic E-state index is -0.762. The second kappa shape index (κ2) is 52.4. The van der Waals surface area contributed by atoms with Crippen molar-refractivity contribution in [1.29, 1.82) is 0 Å². The molecule has 0 aliphatic rings. The molecule has 0 fully saturated rings. The van der Waals surface area contributed by atoms with E-state index in [9.17, 15) is 14.4 Å². The maximum atomic E-state index is 12.8. The quantitative estimate of drug-likeness (QED) is 0.0344. The fourth-order valence-electron chi connectivity index (χ4n) is 8.92. The first-order valence-electron chi connectivity index (χ1n) is 28.9. The van der Waals surface area contributed by atoms with Crippen molar-refractivity contribution in [2.45, 2.75) is 336 Å². The zero-order valence-electron chi connectivity index (χ0n) is 43.8. The van der Waals surface area contributed by atoms with Gasteiger partial charge in [-0.25, -0.2) is 0 Å². The third kappa shape index (κ3) is 51.4. The molecule has 0 spiro atoms. The van der Waals surface area contributed by atoms with Crippen molar-refractivity contribution in [1.82, 2.24) is 0 Å². The van der Waals surface area contributed by atoms with E-state index in [2.05, 4.69) is 27.7 Å². The number of carbonyl (C=O) groups is 3. The molecule has 0 aromatic rings. The maximum Gasteiger partial charge on any atom is 0.306 e. The van der Waals surface area contributed by atoms with Crippen LogP contribution in [0.25, 0.3) is 0 Å². The van der Waals surface area contributed by atoms with Crippen LogP contribution in [0.15, 0.2) is 0 Å². The SMILES string of the molecule is CCCCCCCCCCCCCCCCCCCCC(=O)O[C@H](COC(=O)CCCCCCCCCCCCCCCCCCC)COC(=O)CCCCCCCCCCC(C)C. The molecule has 380 valence electrons. The van der Waals surface area contributed by atoms with Crippen LogP contribution in [0.1, 0.15) is 329 Å². The van der Waals surface area contributed by atoms with Gasteiger partial charge in [-0.1, -0.05) is 291 Å². The predicted molar refractivity (Wildman–Crippen MR) is 275 cm³/mol. The normalized spacial score (nSPS) is 12.0. The number of hydrogen-bond acceptors (Lipinski definition) is 6. The summed E-state index contributed by atoms with van der Waals surface area (Å²) < 4.78 is 16.9. The molecule has 64 heavy (non-hydrogen) atoms. The van der Waals surface area contributed by atoms with E-state index in [1.807, 2.05) is 0 Å². The van der Waals surface area contributed by atoms with Crippen molar-refractivity contribution in [3.05, 3.63) is 0 Å².